The second-order valence-electron chi connectivity index (χ2n) is 3.65. The number of methoxy groups -OCH3 is 1. The molecule has 1 aromatic carbocycles. The summed E-state index contributed by atoms with van der Waals surface area (Å²) in [5.74, 6) is 0.649. The molecule has 0 fully saturated rings. The van der Waals surface area contributed by atoms with Crippen molar-refractivity contribution >= 4 is 34.1 Å². The molecule has 84 valence electrons. The molecule has 1 heterocycles. The third-order valence-electron chi connectivity index (χ3n) is 2.54. The first-order chi connectivity index (χ1) is 7.54. The second-order valence-corrected chi connectivity index (χ2v) is 4.47. The quantitative estimate of drug-likeness (QED) is 0.764. The molecule has 1 aromatic heterocycles. The summed E-state index contributed by atoms with van der Waals surface area (Å²) in [5.41, 5.74) is 2.54. The highest BCUT2D eigenvalue weighted by Gasteiger charge is 2.13. The van der Waals surface area contributed by atoms with Crippen molar-refractivity contribution in [2.24, 2.45) is 0 Å². The average Bonchev–Trinajstić information content (AvgIpc) is 2.22. The molecule has 0 aliphatic heterocycles. The standard InChI is InChI=1S/C12H11Cl2NO/c1-6-4-9(14)11-7(2)8(13)5-10(16-3)12(11)15-6/h4-5H,1-3H3. The molecule has 2 aromatic rings. The fourth-order valence-electron chi connectivity index (χ4n) is 1.73. The largest absolute Gasteiger partial charge is 0.494 e. The van der Waals surface area contributed by atoms with Gasteiger partial charge in [0.25, 0.3) is 0 Å². The smallest absolute Gasteiger partial charge is 0.146 e. The maximum absolute atomic E-state index is 6.21. The van der Waals surface area contributed by atoms with Crippen molar-refractivity contribution < 1.29 is 4.74 Å². The van der Waals surface area contributed by atoms with E-state index in [0.717, 1.165) is 22.2 Å². The lowest BCUT2D eigenvalue weighted by Crippen LogP contribution is -1.93. The van der Waals surface area contributed by atoms with Gasteiger partial charge in [-0.2, -0.15) is 0 Å². The Hall–Kier alpha value is -0.990. The Labute approximate surface area is 104 Å². The lowest BCUT2D eigenvalue weighted by Gasteiger charge is -2.11. The Morgan fingerprint density at radius 2 is 1.81 bits per heavy atom. The van der Waals surface area contributed by atoms with Gasteiger partial charge in [-0.3, -0.25) is 0 Å². The van der Waals surface area contributed by atoms with Crippen LogP contribution < -0.4 is 4.74 Å². The molecule has 0 bridgehead atoms. The molecule has 0 saturated heterocycles. The molecule has 0 radical (unpaired) electrons. The normalized spacial score (nSPS) is 10.8. The Morgan fingerprint density at radius 1 is 1.12 bits per heavy atom. The Morgan fingerprint density at radius 3 is 2.44 bits per heavy atom. The lowest BCUT2D eigenvalue weighted by molar-refractivity contribution is 0.419. The topological polar surface area (TPSA) is 22.1 Å². The zero-order valence-corrected chi connectivity index (χ0v) is 10.8. The molecule has 0 unspecified atom stereocenters. The van der Waals surface area contributed by atoms with Crippen LogP contribution in [0.3, 0.4) is 0 Å². The molecule has 2 nitrogen and oxygen atoms in total. The highest BCUT2D eigenvalue weighted by Crippen LogP contribution is 2.36. The number of aromatic nitrogens is 1. The van der Waals surface area contributed by atoms with Crippen LogP contribution >= 0.6 is 23.2 Å². The molecule has 0 N–H and O–H groups in total. The van der Waals surface area contributed by atoms with Crippen molar-refractivity contribution in [3.63, 3.8) is 0 Å². The zero-order chi connectivity index (χ0) is 11.9. The van der Waals surface area contributed by atoms with Gasteiger partial charge in [0.15, 0.2) is 0 Å². The molecule has 0 spiro atoms. The molecule has 0 amide bonds. The summed E-state index contributed by atoms with van der Waals surface area (Å²) in [6.45, 7) is 3.82. The summed E-state index contributed by atoms with van der Waals surface area (Å²) in [5, 5.41) is 2.15. The van der Waals surface area contributed by atoms with Crippen molar-refractivity contribution in [1.82, 2.24) is 4.98 Å². The van der Waals surface area contributed by atoms with Crippen LogP contribution in [0.2, 0.25) is 10.0 Å². The number of halogens is 2. The third kappa shape index (κ3) is 1.72. The van der Waals surface area contributed by atoms with Crippen LogP contribution in [0.4, 0.5) is 0 Å². The third-order valence-corrected chi connectivity index (χ3v) is 3.23. The monoisotopic (exact) mass is 255 g/mol. The molecular formula is C12H11Cl2NO. The van der Waals surface area contributed by atoms with E-state index in [1.807, 2.05) is 19.9 Å². The number of hydrogen-bond acceptors (Lipinski definition) is 2. The second kappa shape index (κ2) is 4.11. The maximum Gasteiger partial charge on any atom is 0.146 e. The number of hydrogen-bond donors (Lipinski definition) is 0. The average molecular weight is 256 g/mol. The van der Waals surface area contributed by atoms with Gasteiger partial charge in [0.2, 0.25) is 0 Å². The minimum Gasteiger partial charge on any atom is -0.494 e. The fraction of sp³-hybridized carbons (Fsp3) is 0.250. The van der Waals surface area contributed by atoms with Crippen molar-refractivity contribution in [1.29, 1.82) is 0 Å². The molecule has 0 aliphatic carbocycles. The van der Waals surface area contributed by atoms with E-state index in [0.29, 0.717) is 15.8 Å². The number of nitrogens with zero attached hydrogens (tertiary/aromatic N) is 1. The minimum absolute atomic E-state index is 0.636. The number of aryl methyl sites for hydroxylation is 2. The van der Waals surface area contributed by atoms with Gasteiger partial charge < -0.3 is 4.74 Å². The highest BCUT2D eigenvalue weighted by atomic mass is 35.5. The van der Waals surface area contributed by atoms with E-state index in [4.69, 9.17) is 27.9 Å². The number of rotatable bonds is 1. The van der Waals surface area contributed by atoms with Gasteiger partial charge in [-0.1, -0.05) is 23.2 Å². The summed E-state index contributed by atoms with van der Waals surface area (Å²) < 4.78 is 5.27. The Kier molecular flexibility index (Phi) is 2.96. The first-order valence-electron chi connectivity index (χ1n) is 4.84. The van der Waals surface area contributed by atoms with Gasteiger partial charge in [0.1, 0.15) is 11.3 Å². The fourth-order valence-corrected chi connectivity index (χ4v) is 2.32. The minimum atomic E-state index is 0.636. The summed E-state index contributed by atoms with van der Waals surface area (Å²) in [7, 11) is 1.60. The zero-order valence-electron chi connectivity index (χ0n) is 9.27. The van der Waals surface area contributed by atoms with Gasteiger partial charge in [-0.25, -0.2) is 4.98 Å². The number of ether oxygens (including phenoxy) is 1. The van der Waals surface area contributed by atoms with Crippen LogP contribution in [0.25, 0.3) is 10.9 Å². The number of benzene rings is 1. The summed E-state index contributed by atoms with van der Waals surface area (Å²) in [6, 6.07) is 3.59. The number of fused-ring (bicyclic) bond motifs is 1. The summed E-state index contributed by atoms with van der Waals surface area (Å²) in [6.07, 6.45) is 0. The van der Waals surface area contributed by atoms with E-state index in [2.05, 4.69) is 4.98 Å². The van der Waals surface area contributed by atoms with Crippen LogP contribution in [-0.2, 0) is 0 Å². The van der Waals surface area contributed by atoms with Crippen molar-refractivity contribution in [3.05, 3.63) is 33.4 Å². The Balaban J connectivity index is 2.98. The van der Waals surface area contributed by atoms with Gasteiger partial charge in [-0.15, -0.1) is 0 Å². The van der Waals surface area contributed by atoms with E-state index in [-0.39, 0.29) is 0 Å². The Bertz CT molecular complexity index is 567. The van der Waals surface area contributed by atoms with Crippen molar-refractivity contribution in [3.8, 4) is 5.75 Å². The highest BCUT2D eigenvalue weighted by molar-refractivity contribution is 6.38. The molecule has 4 heteroatoms. The molecular weight excluding hydrogens is 245 g/mol. The maximum atomic E-state index is 6.21. The van der Waals surface area contributed by atoms with Gasteiger partial charge in [0, 0.05) is 22.2 Å². The predicted molar refractivity (Wildman–Crippen MR) is 67.8 cm³/mol. The number of pyridine rings is 1. The van der Waals surface area contributed by atoms with E-state index in [9.17, 15) is 0 Å². The van der Waals surface area contributed by atoms with E-state index >= 15 is 0 Å². The molecule has 0 aliphatic rings. The van der Waals surface area contributed by atoms with Crippen LogP contribution in [-0.4, -0.2) is 12.1 Å². The van der Waals surface area contributed by atoms with Gasteiger partial charge in [-0.05, 0) is 25.5 Å². The van der Waals surface area contributed by atoms with Gasteiger partial charge in [0.05, 0.1) is 12.1 Å². The SMILES string of the molecule is COc1cc(Cl)c(C)c2c(Cl)cc(C)nc12. The van der Waals surface area contributed by atoms with E-state index in [1.165, 1.54) is 0 Å². The van der Waals surface area contributed by atoms with Crippen molar-refractivity contribution in [2.75, 3.05) is 7.11 Å². The molecule has 2 rings (SSSR count). The molecule has 0 atom stereocenters. The van der Waals surface area contributed by atoms with Crippen LogP contribution in [0.5, 0.6) is 5.75 Å². The van der Waals surface area contributed by atoms with Crippen LogP contribution in [0.15, 0.2) is 12.1 Å². The summed E-state index contributed by atoms with van der Waals surface area (Å²) in [4.78, 5) is 4.44. The van der Waals surface area contributed by atoms with Crippen molar-refractivity contribution in [2.45, 2.75) is 13.8 Å². The van der Waals surface area contributed by atoms with Crippen LogP contribution in [0, 0.1) is 13.8 Å². The molecule has 16 heavy (non-hydrogen) atoms. The summed E-state index contributed by atoms with van der Waals surface area (Å²) >= 11 is 12.3. The van der Waals surface area contributed by atoms with E-state index < -0.39 is 0 Å². The predicted octanol–water partition coefficient (Wildman–Crippen LogP) is 4.17. The lowest BCUT2D eigenvalue weighted by atomic mass is 10.1. The first-order valence-corrected chi connectivity index (χ1v) is 5.60. The first kappa shape index (κ1) is 11.5. The van der Waals surface area contributed by atoms with Gasteiger partial charge >= 0.3 is 0 Å². The molecule has 0 saturated carbocycles. The van der Waals surface area contributed by atoms with E-state index in [1.54, 1.807) is 13.2 Å². The van der Waals surface area contributed by atoms with Crippen LogP contribution in [0.1, 0.15) is 11.3 Å².